The van der Waals surface area contributed by atoms with Crippen molar-refractivity contribution in [2.75, 3.05) is 19.0 Å². The minimum Gasteiger partial charge on any atom is -0.495 e. The highest BCUT2D eigenvalue weighted by atomic mass is 35.5. The fourth-order valence-corrected chi connectivity index (χ4v) is 3.67. The van der Waals surface area contributed by atoms with Gasteiger partial charge in [-0.05, 0) is 42.2 Å². The average Bonchev–Trinajstić information content (AvgIpc) is 2.95. The number of urea groups is 1. The van der Waals surface area contributed by atoms with E-state index in [2.05, 4.69) is 24.5 Å². The molecule has 0 aromatic heterocycles. The molecule has 0 bridgehead atoms. The summed E-state index contributed by atoms with van der Waals surface area (Å²) in [5.41, 5.74) is 1.10. The van der Waals surface area contributed by atoms with Crippen molar-refractivity contribution in [1.29, 1.82) is 0 Å². The van der Waals surface area contributed by atoms with Gasteiger partial charge in [0, 0.05) is 18.0 Å². The van der Waals surface area contributed by atoms with E-state index in [1.54, 1.807) is 25.1 Å². The van der Waals surface area contributed by atoms with Gasteiger partial charge >= 0.3 is 6.03 Å². The molecule has 7 nitrogen and oxygen atoms in total. The van der Waals surface area contributed by atoms with Crippen molar-refractivity contribution in [3.05, 3.63) is 58.6 Å². The molecule has 2 N–H and O–H groups in total. The highest BCUT2D eigenvalue weighted by molar-refractivity contribution is 6.31. The third-order valence-electron chi connectivity index (χ3n) is 5.43. The van der Waals surface area contributed by atoms with Crippen molar-refractivity contribution in [3.8, 4) is 5.75 Å². The lowest BCUT2D eigenvalue weighted by atomic mass is 9.90. The van der Waals surface area contributed by atoms with Gasteiger partial charge in [-0.25, -0.2) is 4.79 Å². The maximum atomic E-state index is 13.0. The van der Waals surface area contributed by atoms with Gasteiger partial charge in [0.1, 0.15) is 11.3 Å². The second-order valence-electron chi connectivity index (χ2n) is 7.93. The largest absolute Gasteiger partial charge is 0.495 e. The number of amides is 4. The van der Waals surface area contributed by atoms with Gasteiger partial charge in [-0.2, -0.15) is 0 Å². The van der Waals surface area contributed by atoms with Gasteiger partial charge < -0.3 is 15.4 Å². The Morgan fingerprint density at radius 1 is 1.19 bits per heavy atom. The van der Waals surface area contributed by atoms with Crippen molar-refractivity contribution < 1.29 is 19.1 Å². The van der Waals surface area contributed by atoms with E-state index in [9.17, 15) is 14.4 Å². The maximum absolute atomic E-state index is 13.0. The van der Waals surface area contributed by atoms with Crippen molar-refractivity contribution in [2.45, 2.75) is 38.6 Å². The van der Waals surface area contributed by atoms with Crippen LogP contribution < -0.4 is 15.4 Å². The van der Waals surface area contributed by atoms with E-state index in [1.165, 1.54) is 7.11 Å². The van der Waals surface area contributed by atoms with E-state index in [0.29, 0.717) is 27.9 Å². The second-order valence-corrected chi connectivity index (χ2v) is 8.37. The fraction of sp³-hybridized carbons (Fsp3) is 0.348. The van der Waals surface area contributed by atoms with Crippen LogP contribution in [0.15, 0.2) is 42.5 Å². The van der Waals surface area contributed by atoms with Crippen LogP contribution in [0.1, 0.15) is 44.2 Å². The van der Waals surface area contributed by atoms with Crippen LogP contribution in [0.2, 0.25) is 5.02 Å². The minimum absolute atomic E-state index is 0.0426. The summed E-state index contributed by atoms with van der Waals surface area (Å²) >= 11 is 5.98. The number of ether oxygens (including phenoxy) is 1. The molecule has 1 aliphatic rings. The van der Waals surface area contributed by atoms with E-state index < -0.39 is 11.6 Å². The van der Waals surface area contributed by atoms with Gasteiger partial charge in [0.2, 0.25) is 5.91 Å². The molecule has 0 aliphatic carbocycles. The summed E-state index contributed by atoms with van der Waals surface area (Å²) in [6.45, 7) is 5.81. The Balaban J connectivity index is 1.67. The molecule has 1 aliphatic heterocycles. The first-order valence-corrected chi connectivity index (χ1v) is 10.4. The summed E-state index contributed by atoms with van der Waals surface area (Å²) in [7, 11) is 1.49. The number of benzene rings is 2. The number of halogens is 1. The predicted molar refractivity (Wildman–Crippen MR) is 119 cm³/mol. The average molecular weight is 444 g/mol. The molecule has 0 spiro atoms. The Morgan fingerprint density at radius 3 is 2.48 bits per heavy atom. The van der Waals surface area contributed by atoms with Gasteiger partial charge in [-0.15, -0.1) is 0 Å². The lowest BCUT2D eigenvalue weighted by molar-refractivity contribution is -0.131. The predicted octanol–water partition coefficient (Wildman–Crippen LogP) is 4.27. The maximum Gasteiger partial charge on any atom is 0.325 e. The van der Waals surface area contributed by atoms with Gasteiger partial charge in [0.15, 0.2) is 0 Å². The van der Waals surface area contributed by atoms with E-state index in [0.717, 1.165) is 10.5 Å². The molecule has 164 valence electrons. The third-order valence-corrected chi connectivity index (χ3v) is 5.66. The van der Waals surface area contributed by atoms with Crippen LogP contribution in [-0.2, 0) is 15.1 Å². The Bertz CT molecular complexity index is 1010. The number of hydrogen-bond donors (Lipinski definition) is 2. The first kappa shape index (κ1) is 22.6. The number of anilines is 1. The number of rotatable bonds is 7. The molecule has 2 aromatic rings. The Kier molecular flexibility index (Phi) is 6.55. The first-order chi connectivity index (χ1) is 14.7. The zero-order valence-corrected chi connectivity index (χ0v) is 18.7. The van der Waals surface area contributed by atoms with Gasteiger partial charge in [0.25, 0.3) is 5.91 Å². The SMILES string of the molecule is COc1ccc(Cl)cc1NC(=O)CCN1C(=O)NC(C)(c2ccc(C(C)C)cc2)C1=O. The quantitative estimate of drug-likeness (QED) is 0.625. The smallest absolute Gasteiger partial charge is 0.325 e. The summed E-state index contributed by atoms with van der Waals surface area (Å²) in [4.78, 5) is 39.0. The van der Waals surface area contributed by atoms with Crippen LogP contribution in [0.3, 0.4) is 0 Å². The number of carbonyl (C=O) groups is 3. The van der Waals surface area contributed by atoms with Gasteiger partial charge in [-0.1, -0.05) is 49.7 Å². The van der Waals surface area contributed by atoms with Crippen molar-refractivity contribution in [1.82, 2.24) is 10.2 Å². The molecular formula is C23H26ClN3O4. The number of hydrogen-bond acceptors (Lipinski definition) is 4. The van der Waals surface area contributed by atoms with Gasteiger partial charge in [0.05, 0.1) is 12.8 Å². The van der Waals surface area contributed by atoms with Crippen LogP contribution in [0.25, 0.3) is 0 Å². The topological polar surface area (TPSA) is 87.7 Å². The first-order valence-electron chi connectivity index (χ1n) is 10.0. The summed E-state index contributed by atoms with van der Waals surface area (Å²) < 4.78 is 5.21. The molecule has 4 amide bonds. The van der Waals surface area contributed by atoms with Crippen LogP contribution in [0, 0.1) is 0 Å². The zero-order chi connectivity index (χ0) is 22.8. The monoisotopic (exact) mass is 443 g/mol. The van der Waals surface area contributed by atoms with Crippen LogP contribution in [0.4, 0.5) is 10.5 Å². The van der Waals surface area contributed by atoms with Gasteiger partial charge in [-0.3, -0.25) is 14.5 Å². The Labute approximate surface area is 186 Å². The summed E-state index contributed by atoms with van der Waals surface area (Å²) in [5, 5.41) is 5.92. The lowest BCUT2D eigenvalue weighted by Gasteiger charge is -2.23. The van der Waals surface area contributed by atoms with Crippen LogP contribution >= 0.6 is 11.6 Å². The van der Waals surface area contributed by atoms with Crippen LogP contribution in [-0.4, -0.2) is 36.4 Å². The minimum atomic E-state index is -1.17. The summed E-state index contributed by atoms with van der Waals surface area (Å²) in [5.74, 6) is 0.0769. The molecular weight excluding hydrogens is 418 g/mol. The molecule has 1 atom stereocenters. The molecule has 1 fully saturated rings. The molecule has 8 heteroatoms. The van der Waals surface area contributed by atoms with E-state index in [-0.39, 0.29) is 24.8 Å². The zero-order valence-electron chi connectivity index (χ0n) is 18.0. The molecule has 1 unspecified atom stereocenters. The van der Waals surface area contributed by atoms with Crippen molar-refractivity contribution >= 4 is 35.1 Å². The number of nitrogens with zero attached hydrogens (tertiary/aromatic N) is 1. The highest BCUT2D eigenvalue weighted by Crippen LogP contribution is 2.31. The highest BCUT2D eigenvalue weighted by Gasteiger charge is 2.48. The molecule has 0 saturated carbocycles. The number of methoxy groups -OCH3 is 1. The Morgan fingerprint density at radius 2 is 1.87 bits per heavy atom. The lowest BCUT2D eigenvalue weighted by Crippen LogP contribution is -2.41. The Hall–Kier alpha value is -3.06. The second kappa shape index (κ2) is 8.98. The normalized spacial score (nSPS) is 18.3. The number of carbonyl (C=O) groups excluding carboxylic acids is 3. The summed E-state index contributed by atoms with van der Waals surface area (Å²) in [6, 6.07) is 12.0. The molecule has 3 rings (SSSR count). The van der Waals surface area contributed by atoms with Crippen molar-refractivity contribution in [3.63, 3.8) is 0 Å². The van der Waals surface area contributed by atoms with E-state index in [4.69, 9.17) is 16.3 Å². The molecule has 1 heterocycles. The molecule has 1 saturated heterocycles. The fourth-order valence-electron chi connectivity index (χ4n) is 3.50. The van der Waals surface area contributed by atoms with Crippen LogP contribution in [0.5, 0.6) is 5.75 Å². The molecule has 31 heavy (non-hydrogen) atoms. The van der Waals surface area contributed by atoms with E-state index >= 15 is 0 Å². The number of nitrogens with one attached hydrogen (secondary N) is 2. The standard InChI is InChI=1S/C23H26ClN3O4/c1-14(2)15-5-7-16(8-6-15)23(3)21(29)27(22(30)26-23)12-11-20(28)25-18-13-17(24)9-10-19(18)31-4/h5-10,13-14H,11-12H2,1-4H3,(H,25,28)(H,26,30). The van der Waals surface area contributed by atoms with Crippen molar-refractivity contribution in [2.24, 2.45) is 0 Å². The van der Waals surface area contributed by atoms with E-state index in [1.807, 2.05) is 24.3 Å². The number of imide groups is 1. The molecule has 0 radical (unpaired) electrons. The third kappa shape index (κ3) is 4.66. The summed E-state index contributed by atoms with van der Waals surface area (Å²) in [6.07, 6.45) is -0.0583. The molecule has 2 aromatic carbocycles.